The predicted molar refractivity (Wildman–Crippen MR) is 156 cm³/mol. The van der Waals surface area contributed by atoms with E-state index >= 15 is 0 Å². The molecule has 2 aromatic carbocycles. The minimum Gasteiger partial charge on any atom is -0.350 e. The zero-order valence-electron chi connectivity index (χ0n) is 21.5. The van der Waals surface area contributed by atoms with Crippen molar-refractivity contribution in [2.75, 3.05) is 25.1 Å². The molecule has 4 N–H and O–H groups in total. The SMILES string of the molecule is CCN1CCC[C@@H]1CNC(=O)c1cnc(NNC(=S)NC2c3ccccc3CCc3ccccc32)c(Cl)c1. The summed E-state index contributed by atoms with van der Waals surface area (Å²) in [7, 11) is 0. The number of likely N-dealkylation sites (N-methyl/N-ethyl adjacent to an activating group) is 1. The maximum absolute atomic E-state index is 12.7. The van der Waals surface area contributed by atoms with E-state index in [0.717, 1.165) is 32.4 Å². The number of pyridine rings is 1. The minimum atomic E-state index is -0.176. The zero-order chi connectivity index (χ0) is 26.5. The van der Waals surface area contributed by atoms with Crippen LogP contribution in [0.5, 0.6) is 0 Å². The number of nitrogens with one attached hydrogen (secondary N) is 4. The lowest BCUT2D eigenvalue weighted by molar-refractivity contribution is 0.0941. The summed E-state index contributed by atoms with van der Waals surface area (Å²) < 4.78 is 0. The standard InChI is InChI=1S/C29H33ClN6OS/c1-2-36-15-7-10-22(36)18-32-28(37)21-16-25(30)27(31-17-21)34-35-29(38)33-26-23-11-5-3-8-19(23)13-14-20-9-4-6-12-24(20)26/h3-6,8-9,11-12,16-17,22,26H,2,7,10,13-15,18H2,1H3,(H,31,34)(H,32,37)(H2,33,35,38)/t22-/m1/s1. The maximum atomic E-state index is 12.7. The lowest BCUT2D eigenvalue weighted by atomic mass is 9.95. The highest BCUT2D eigenvalue weighted by atomic mass is 35.5. The number of hydrogen-bond donors (Lipinski definition) is 4. The first-order valence-electron chi connectivity index (χ1n) is 13.2. The molecular formula is C29H33ClN6OS. The first-order chi connectivity index (χ1) is 18.5. The molecule has 1 atom stereocenters. The number of aryl methyl sites for hydroxylation is 2. The lowest BCUT2D eigenvalue weighted by Crippen LogP contribution is -2.41. The number of benzene rings is 2. The van der Waals surface area contributed by atoms with Crippen molar-refractivity contribution in [1.82, 2.24) is 25.9 Å². The summed E-state index contributed by atoms with van der Waals surface area (Å²) in [6.45, 7) is 4.87. The van der Waals surface area contributed by atoms with E-state index < -0.39 is 0 Å². The normalized spacial score (nSPS) is 17.2. The average molecular weight is 549 g/mol. The van der Waals surface area contributed by atoms with Crippen LogP contribution in [0, 0.1) is 0 Å². The summed E-state index contributed by atoms with van der Waals surface area (Å²) in [6, 6.07) is 18.9. The Bertz CT molecular complexity index is 1270. The number of anilines is 1. The number of carbonyl (C=O) groups excluding carboxylic acids is 1. The molecule has 0 radical (unpaired) electrons. The minimum absolute atomic E-state index is 0.0790. The van der Waals surface area contributed by atoms with Crippen LogP contribution in [0.15, 0.2) is 60.8 Å². The van der Waals surface area contributed by atoms with Gasteiger partial charge < -0.3 is 10.6 Å². The van der Waals surface area contributed by atoms with Crippen LogP contribution in [0.25, 0.3) is 0 Å². The molecule has 0 unspecified atom stereocenters. The number of hydrogen-bond acceptors (Lipinski definition) is 5. The molecule has 198 valence electrons. The smallest absolute Gasteiger partial charge is 0.252 e. The maximum Gasteiger partial charge on any atom is 0.252 e. The molecule has 0 bridgehead atoms. The van der Waals surface area contributed by atoms with Gasteiger partial charge in [0.2, 0.25) is 0 Å². The van der Waals surface area contributed by atoms with Gasteiger partial charge >= 0.3 is 0 Å². The Morgan fingerprint density at radius 1 is 1.11 bits per heavy atom. The van der Waals surface area contributed by atoms with Crippen molar-refractivity contribution in [2.45, 2.75) is 44.7 Å². The molecule has 1 saturated heterocycles. The first kappa shape index (κ1) is 26.4. The van der Waals surface area contributed by atoms with Gasteiger partial charge in [-0.3, -0.25) is 20.5 Å². The Balaban J connectivity index is 1.21. The highest BCUT2D eigenvalue weighted by Crippen LogP contribution is 2.32. The second-order valence-corrected chi connectivity index (χ2v) is 10.6. The summed E-state index contributed by atoms with van der Waals surface area (Å²) in [4.78, 5) is 19.4. The fourth-order valence-electron chi connectivity index (χ4n) is 5.47. The molecule has 2 aliphatic rings. The molecule has 9 heteroatoms. The molecule has 1 aliphatic carbocycles. The number of thiocarbonyl (C=S) groups is 1. The zero-order valence-corrected chi connectivity index (χ0v) is 23.0. The quantitative estimate of drug-likeness (QED) is 0.253. The van der Waals surface area contributed by atoms with Crippen molar-refractivity contribution in [3.8, 4) is 0 Å². The fraction of sp³-hybridized carbons (Fsp3) is 0.345. The summed E-state index contributed by atoms with van der Waals surface area (Å²) in [5.41, 5.74) is 11.5. The first-order valence-corrected chi connectivity index (χ1v) is 14.0. The van der Waals surface area contributed by atoms with Gasteiger partial charge in [-0.2, -0.15) is 0 Å². The number of halogens is 1. The molecule has 38 heavy (non-hydrogen) atoms. The van der Waals surface area contributed by atoms with Crippen molar-refractivity contribution in [3.05, 3.63) is 93.6 Å². The molecule has 1 aliphatic heterocycles. The summed E-state index contributed by atoms with van der Waals surface area (Å²) in [5.74, 6) is 0.215. The van der Waals surface area contributed by atoms with Crippen LogP contribution in [-0.4, -0.2) is 46.6 Å². The summed E-state index contributed by atoms with van der Waals surface area (Å²) in [5, 5.41) is 7.23. The van der Waals surface area contributed by atoms with Crippen molar-refractivity contribution in [1.29, 1.82) is 0 Å². The molecule has 1 fully saturated rings. The van der Waals surface area contributed by atoms with Crippen LogP contribution in [0.2, 0.25) is 5.02 Å². The van der Waals surface area contributed by atoms with E-state index in [-0.39, 0.29) is 11.9 Å². The van der Waals surface area contributed by atoms with Crippen molar-refractivity contribution in [3.63, 3.8) is 0 Å². The molecule has 0 saturated carbocycles. The number of rotatable bonds is 7. The highest BCUT2D eigenvalue weighted by Gasteiger charge is 2.25. The van der Waals surface area contributed by atoms with Gasteiger partial charge in [0.05, 0.1) is 16.6 Å². The van der Waals surface area contributed by atoms with Crippen LogP contribution >= 0.6 is 23.8 Å². The molecule has 0 spiro atoms. The van der Waals surface area contributed by atoms with Crippen LogP contribution in [0.1, 0.15) is 58.4 Å². The van der Waals surface area contributed by atoms with Crippen molar-refractivity contribution in [2.24, 2.45) is 0 Å². The van der Waals surface area contributed by atoms with E-state index in [1.54, 1.807) is 6.07 Å². The number of fused-ring (bicyclic) bond motifs is 2. The van der Waals surface area contributed by atoms with E-state index in [4.69, 9.17) is 23.8 Å². The van der Waals surface area contributed by atoms with Gasteiger partial charge in [0.15, 0.2) is 10.9 Å². The molecule has 5 rings (SSSR count). The lowest BCUT2D eigenvalue weighted by Gasteiger charge is -2.24. The Hall–Kier alpha value is -3.20. The van der Waals surface area contributed by atoms with Crippen LogP contribution in [0.3, 0.4) is 0 Å². The molecule has 3 aromatic rings. The molecule has 1 amide bonds. The number of nitrogens with zero attached hydrogens (tertiary/aromatic N) is 2. The predicted octanol–water partition coefficient (Wildman–Crippen LogP) is 4.63. The largest absolute Gasteiger partial charge is 0.350 e. The summed E-state index contributed by atoms with van der Waals surface area (Å²) in [6.07, 6.45) is 5.77. The topological polar surface area (TPSA) is 81.3 Å². The number of likely N-dealkylation sites (tertiary alicyclic amines) is 1. The molecule has 7 nitrogen and oxygen atoms in total. The van der Waals surface area contributed by atoms with E-state index in [1.807, 2.05) is 0 Å². The monoisotopic (exact) mass is 548 g/mol. The van der Waals surface area contributed by atoms with Gasteiger partial charge in [0.1, 0.15) is 0 Å². The number of amides is 1. The Kier molecular flexibility index (Phi) is 8.42. The fourth-order valence-corrected chi connectivity index (χ4v) is 5.85. The van der Waals surface area contributed by atoms with Crippen molar-refractivity contribution >= 4 is 40.7 Å². The van der Waals surface area contributed by atoms with Crippen LogP contribution < -0.4 is 21.5 Å². The van der Waals surface area contributed by atoms with Gasteiger partial charge in [-0.15, -0.1) is 0 Å². The third-order valence-corrected chi connectivity index (χ3v) is 7.98. The highest BCUT2D eigenvalue weighted by molar-refractivity contribution is 7.80. The van der Waals surface area contributed by atoms with Gasteiger partial charge in [-0.25, -0.2) is 4.98 Å². The van der Waals surface area contributed by atoms with Gasteiger partial charge in [0.25, 0.3) is 5.91 Å². The van der Waals surface area contributed by atoms with Gasteiger partial charge in [-0.1, -0.05) is 67.1 Å². The number of aromatic nitrogens is 1. The van der Waals surface area contributed by atoms with E-state index in [9.17, 15) is 4.79 Å². The molecular weight excluding hydrogens is 516 g/mol. The second kappa shape index (κ2) is 12.1. The molecule has 2 heterocycles. The van der Waals surface area contributed by atoms with E-state index in [0.29, 0.717) is 34.1 Å². The van der Waals surface area contributed by atoms with Gasteiger partial charge in [0, 0.05) is 18.8 Å². The van der Waals surface area contributed by atoms with Crippen LogP contribution in [-0.2, 0) is 12.8 Å². The van der Waals surface area contributed by atoms with E-state index in [2.05, 4.69) is 86.8 Å². The average Bonchev–Trinajstić information content (AvgIpc) is 3.34. The number of carbonyl (C=O) groups is 1. The third-order valence-electron chi connectivity index (χ3n) is 7.47. The van der Waals surface area contributed by atoms with Crippen molar-refractivity contribution < 1.29 is 4.79 Å². The Morgan fingerprint density at radius 2 is 1.79 bits per heavy atom. The molecule has 1 aromatic heterocycles. The second-order valence-electron chi connectivity index (χ2n) is 9.74. The van der Waals surface area contributed by atoms with Crippen LogP contribution in [0.4, 0.5) is 5.82 Å². The number of hydrazine groups is 1. The van der Waals surface area contributed by atoms with E-state index in [1.165, 1.54) is 34.9 Å². The van der Waals surface area contributed by atoms with Gasteiger partial charge in [-0.05, 0) is 79.3 Å². The third kappa shape index (κ3) is 5.93. The Labute approximate surface area is 234 Å². The Morgan fingerprint density at radius 3 is 2.45 bits per heavy atom. The summed E-state index contributed by atoms with van der Waals surface area (Å²) >= 11 is 12.1.